The van der Waals surface area contributed by atoms with Crippen molar-refractivity contribution in [1.29, 1.82) is 0 Å². The average Bonchev–Trinajstić information content (AvgIpc) is 3.25. The first-order chi connectivity index (χ1) is 12.7. The number of aliphatic hydroxyl groups excluding tert-OH is 1. The minimum atomic E-state index is -0.219. The molecule has 2 aromatic rings. The van der Waals surface area contributed by atoms with Crippen LogP contribution in [0.3, 0.4) is 0 Å². The van der Waals surface area contributed by atoms with Crippen LogP contribution in [-0.2, 0) is 4.74 Å². The number of aryl methyl sites for hydroxylation is 1. The summed E-state index contributed by atoms with van der Waals surface area (Å²) < 4.78 is 6.69. The first-order valence-electron chi connectivity index (χ1n) is 9.64. The number of morpholine rings is 1. The predicted octanol–water partition coefficient (Wildman–Crippen LogP) is 1.91. The van der Waals surface area contributed by atoms with E-state index in [9.17, 15) is 5.11 Å². The van der Waals surface area contributed by atoms with Crippen LogP contribution >= 0.6 is 11.3 Å². The highest BCUT2D eigenvalue weighted by Gasteiger charge is 2.44. The van der Waals surface area contributed by atoms with Gasteiger partial charge < -0.3 is 14.7 Å². The van der Waals surface area contributed by atoms with Crippen molar-refractivity contribution in [1.82, 2.24) is 14.9 Å². The van der Waals surface area contributed by atoms with Crippen LogP contribution in [0.2, 0.25) is 0 Å². The van der Waals surface area contributed by atoms with Crippen molar-refractivity contribution in [3.63, 3.8) is 0 Å². The van der Waals surface area contributed by atoms with Crippen molar-refractivity contribution in [2.45, 2.75) is 31.9 Å². The number of hydrogen-bond donors (Lipinski definition) is 1. The second-order valence-electron chi connectivity index (χ2n) is 7.97. The number of rotatable bonds is 2. The largest absolute Gasteiger partial charge is 0.391 e. The van der Waals surface area contributed by atoms with Crippen LogP contribution in [-0.4, -0.2) is 71.5 Å². The van der Waals surface area contributed by atoms with Gasteiger partial charge in [0.1, 0.15) is 12.1 Å². The molecule has 0 unspecified atom stereocenters. The van der Waals surface area contributed by atoms with E-state index in [-0.39, 0.29) is 12.1 Å². The zero-order valence-electron chi connectivity index (χ0n) is 15.2. The highest BCUT2D eigenvalue weighted by molar-refractivity contribution is 7.18. The fraction of sp³-hybridized carbons (Fsp3) is 0.684. The smallest absolute Gasteiger partial charge is 0.150 e. The van der Waals surface area contributed by atoms with Gasteiger partial charge in [-0.1, -0.05) is 0 Å². The molecule has 0 spiro atoms. The zero-order chi connectivity index (χ0) is 17.7. The zero-order valence-corrected chi connectivity index (χ0v) is 16.0. The number of hydrogen-bond acceptors (Lipinski definition) is 7. The molecular formula is C19H26N4O2S. The maximum absolute atomic E-state index is 10.8. The van der Waals surface area contributed by atoms with E-state index in [1.165, 1.54) is 10.3 Å². The molecule has 1 saturated carbocycles. The highest BCUT2D eigenvalue weighted by atomic mass is 32.1. The second kappa shape index (κ2) is 6.71. The molecule has 3 fully saturated rings. The van der Waals surface area contributed by atoms with E-state index in [1.54, 1.807) is 17.7 Å². The van der Waals surface area contributed by atoms with Gasteiger partial charge in [-0.3, -0.25) is 4.90 Å². The highest BCUT2D eigenvalue weighted by Crippen LogP contribution is 2.41. The monoisotopic (exact) mass is 374 g/mol. The molecule has 2 saturated heterocycles. The van der Waals surface area contributed by atoms with E-state index in [0.717, 1.165) is 63.6 Å². The molecule has 0 aromatic carbocycles. The summed E-state index contributed by atoms with van der Waals surface area (Å²) in [7, 11) is 0. The Kier molecular flexibility index (Phi) is 4.35. The van der Waals surface area contributed by atoms with Crippen molar-refractivity contribution in [2.75, 3.05) is 44.3 Å². The van der Waals surface area contributed by atoms with E-state index in [4.69, 9.17) is 4.74 Å². The van der Waals surface area contributed by atoms with Crippen LogP contribution < -0.4 is 4.90 Å². The number of anilines is 1. The molecule has 0 bridgehead atoms. The molecule has 26 heavy (non-hydrogen) atoms. The third-order valence-corrected chi connectivity index (χ3v) is 7.52. The number of aromatic nitrogens is 2. The third kappa shape index (κ3) is 2.81. The molecule has 4 heterocycles. The van der Waals surface area contributed by atoms with Gasteiger partial charge in [0.05, 0.1) is 29.5 Å². The lowest BCUT2D eigenvalue weighted by Crippen LogP contribution is -2.53. The Labute approximate surface area is 157 Å². The molecule has 1 N–H and O–H groups in total. The Morgan fingerprint density at radius 1 is 1.15 bits per heavy atom. The maximum atomic E-state index is 10.8. The van der Waals surface area contributed by atoms with Crippen molar-refractivity contribution in [2.24, 2.45) is 11.8 Å². The van der Waals surface area contributed by atoms with Gasteiger partial charge in [0, 0.05) is 32.2 Å². The molecule has 0 radical (unpaired) electrons. The molecule has 2 aromatic heterocycles. The SMILES string of the molecule is Cc1csc2c(N3C[C@H]4C[C@@H](N5CCOCC5)[C@H](O)C[C@H]4C3)ncnc12. The minimum absolute atomic E-state index is 0.219. The fourth-order valence-electron chi connectivity index (χ4n) is 5.06. The van der Waals surface area contributed by atoms with Gasteiger partial charge in [0.2, 0.25) is 0 Å². The van der Waals surface area contributed by atoms with Crippen LogP contribution in [0.25, 0.3) is 10.2 Å². The van der Waals surface area contributed by atoms with Crippen molar-refractivity contribution >= 4 is 27.4 Å². The predicted molar refractivity (Wildman–Crippen MR) is 103 cm³/mol. The Balaban J connectivity index is 1.36. The molecule has 2 aliphatic heterocycles. The first kappa shape index (κ1) is 16.9. The summed E-state index contributed by atoms with van der Waals surface area (Å²) >= 11 is 1.75. The number of aliphatic hydroxyl groups is 1. The van der Waals surface area contributed by atoms with Gasteiger partial charge in [-0.25, -0.2) is 9.97 Å². The Bertz CT molecular complexity index is 791. The van der Waals surface area contributed by atoms with Gasteiger partial charge in [0.25, 0.3) is 0 Å². The number of thiophene rings is 1. The van der Waals surface area contributed by atoms with Gasteiger partial charge >= 0.3 is 0 Å². The number of ether oxygens (including phenoxy) is 1. The van der Waals surface area contributed by atoms with Gasteiger partial charge in [-0.2, -0.15) is 0 Å². The minimum Gasteiger partial charge on any atom is -0.391 e. The lowest BCUT2D eigenvalue weighted by atomic mass is 9.77. The Morgan fingerprint density at radius 2 is 1.92 bits per heavy atom. The number of nitrogens with zero attached hydrogens (tertiary/aromatic N) is 4. The van der Waals surface area contributed by atoms with Crippen LogP contribution in [0, 0.1) is 18.8 Å². The van der Waals surface area contributed by atoms with Crippen LogP contribution in [0.4, 0.5) is 5.82 Å². The summed E-state index contributed by atoms with van der Waals surface area (Å²) in [6.07, 6.45) is 3.47. The van der Waals surface area contributed by atoms with E-state index in [2.05, 4.69) is 32.1 Å². The molecule has 4 atom stereocenters. The Hall–Kier alpha value is -1.28. The third-order valence-electron chi connectivity index (χ3n) is 6.44. The van der Waals surface area contributed by atoms with Crippen molar-refractivity contribution < 1.29 is 9.84 Å². The standard InChI is InChI=1S/C19H26N4O2S/c1-12-10-26-18-17(12)20-11-21-19(18)23-8-13-6-15(16(24)7-14(13)9-23)22-2-4-25-5-3-22/h10-11,13-16,24H,2-9H2,1H3/t13-,14+,15-,16-/m1/s1. The van der Waals surface area contributed by atoms with E-state index >= 15 is 0 Å². The van der Waals surface area contributed by atoms with Gasteiger partial charge in [-0.15, -0.1) is 11.3 Å². The quantitative estimate of drug-likeness (QED) is 0.866. The van der Waals surface area contributed by atoms with Gasteiger partial charge in [-0.05, 0) is 42.5 Å². The van der Waals surface area contributed by atoms with E-state index in [1.807, 2.05) is 0 Å². The lowest BCUT2D eigenvalue weighted by molar-refractivity contribution is -0.0520. The van der Waals surface area contributed by atoms with Crippen LogP contribution in [0.5, 0.6) is 0 Å². The molecule has 7 heteroatoms. The van der Waals surface area contributed by atoms with E-state index < -0.39 is 0 Å². The van der Waals surface area contributed by atoms with Crippen molar-refractivity contribution in [3.8, 4) is 0 Å². The summed E-state index contributed by atoms with van der Waals surface area (Å²) in [5.41, 5.74) is 2.31. The number of fused-ring (bicyclic) bond motifs is 2. The lowest BCUT2D eigenvalue weighted by Gasteiger charge is -2.43. The summed E-state index contributed by atoms with van der Waals surface area (Å²) in [6, 6.07) is 0.287. The van der Waals surface area contributed by atoms with Crippen molar-refractivity contribution in [3.05, 3.63) is 17.3 Å². The fourth-order valence-corrected chi connectivity index (χ4v) is 6.08. The summed E-state index contributed by atoms with van der Waals surface area (Å²) in [6.45, 7) is 7.64. The molecule has 0 amide bonds. The van der Waals surface area contributed by atoms with Crippen LogP contribution in [0.1, 0.15) is 18.4 Å². The molecular weight excluding hydrogens is 348 g/mol. The second-order valence-corrected chi connectivity index (χ2v) is 8.85. The maximum Gasteiger partial charge on any atom is 0.150 e. The Morgan fingerprint density at radius 3 is 2.73 bits per heavy atom. The summed E-state index contributed by atoms with van der Waals surface area (Å²) in [5, 5.41) is 12.9. The molecule has 140 valence electrons. The van der Waals surface area contributed by atoms with Gasteiger partial charge in [0.15, 0.2) is 0 Å². The van der Waals surface area contributed by atoms with Crippen LogP contribution in [0.15, 0.2) is 11.7 Å². The molecule has 3 aliphatic rings. The topological polar surface area (TPSA) is 61.7 Å². The average molecular weight is 375 g/mol. The van der Waals surface area contributed by atoms with E-state index in [0.29, 0.717) is 11.8 Å². The normalized spacial score (nSPS) is 32.9. The first-order valence-corrected chi connectivity index (χ1v) is 10.5. The molecule has 1 aliphatic carbocycles. The molecule has 6 nitrogen and oxygen atoms in total. The molecule has 5 rings (SSSR count). The summed E-state index contributed by atoms with van der Waals surface area (Å²) in [4.78, 5) is 14.0. The summed E-state index contributed by atoms with van der Waals surface area (Å²) in [5.74, 6) is 2.28.